The van der Waals surface area contributed by atoms with Crippen LogP contribution in [-0.4, -0.2) is 30.1 Å². The van der Waals surface area contributed by atoms with Crippen LogP contribution in [0.5, 0.6) is 0 Å². The van der Waals surface area contributed by atoms with Crippen molar-refractivity contribution >= 4 is 0 Å². The van der Waals surface area contributed by atoms with Gasteiger partial charge in [-0.05, 0) is 20.8 Å². The van der Waals surface area contributed by atoms with Gasteiger partial charge < -0.3 is 5.32 Å². The molecule has 1 N–H and O–H groups in total. The summed E-state index contributed by atoms with van der Waals surface area (Å²) in [6, 6.07) is 0. The SMILES string of the molecule is Cn1cc(Cn2cnc(CNC(C)(C)C)n2)cn1. The minimum absolute atomic E-state index is 0.0782. The fourth-order valence-corrected chi connectivity index (χ4v) is 1.58. The molecule has 6 heteroatoms. The first-order valence-corrected chi connectivity index (χ1v) is 6.03. The number of rotatable bonds is 4. The van der Waals surface area contributed by atoms with Crippen LogP contribution in [0.2, 0.25) is 0 Å². The molecule has 0 aliphatic rings. The zero-order valence-corrected chi connectivity index (χ0v) is 11.4. The van der Waals surface area contributed by atoms with E-state index in [1.54, 1.807) is 11.0 Å². The highest BCUT2D eigenvalue weighted by molar-refractivity contribution is 5.03. The molecule has 0 aliphatic heterocycles. The van der Waals surface area contributed by atoms with Crippen molar-refractivity contribution in [2.24, 2.45) is 7.05 Å². The minimum atomic E-state index is 0.0782. The Morgan fingerprint density at radius 1 is 1.33 bits per heavy atom. The van der Waals surface area contributed by atoms with Crippen LogP contribution in [-0.2, 0) is 20.1 Å². The second kappa shape index (κ2) is 4.89. The van der Waals surface area contributed by atoms with E-state index in [-0.39, 0.29) is 5.54 Å². The van der Waals surface area contributed by atoms with Crippen LogP contribution in [0, 0.1) is 0 Å². The average Bonchev–Trinajstić information content (AvgIpc) is 2.85. The summed E-state index contributed by atoms with van der Waals surface area (Å²) in [4.78, 5) is 4.28. The molecule has 0 aromatic carbocycles. The fraction of sp³-hybridized carbons (Fsp3) is 0.583. The summed E-state index contributed by atoms with van der Waals surface area (Å²) in [7, 11) is 1.91. The van der Waals surface area contributed by atoms with E-state index in [0.717, 1.165) is 11.4 Å². The average molecular weight is 248 g/mol. The molecular weight excluding hydrogens is 228 g/mol. The van der Waals surface area contributed by atoms with E-state index >= 15 is 0 Å². The number of nitrogens with one attached hydrogen (secondary N) is 1. The molecule has 2 aromatic rings. The maximum absolute atomic E-state index is 4.42. The van der Waals surface area contributed by atoms with E-state index in [1.807, 2.05) is 24.1 Å². The summed E-state index contributed by atoms with van der Waals surface area (Å²) < 4.78 is 3.62. The smallest absolute Gasteiger partial charge is 0.164 e. The third-order valence-electron chi connectivity index (χ3n) is 2.46. The highest BCUT2D eigenvalue weighted by atomic mass is 15.3. The third-order valence-corrected chi connectivity index (χ3v) is 2.46. The summed E-state index contributed by atoms with van der Waals surface area (Å²) in [5, 5.41) is 11.9. The highest BCUT2D eigenvalue weighted by Crippen LogP contribution is 2.02. The number of hydrogen-bond donors (Lipinski definition) is 1. The van der Waals surface area contributed by atoms with Gasteiger partial charge in [0, 0.05) is 24.3 Å². The summed E-state index contributed by atoms with van der Waals surface area (Å²) in [6.45, 7) is 7.76. The van der Waals surface area contributed by atoms with Crippen LogP contribution in [0.4, 0.5) is 0 Å². The molecule has 0 unspecified atom stereocenters. The maximum atomic E-state index is 4.42. The summed E-state index contributed by atoms with van der Waals surface area (Å²) in [5.41, 5.74) is 1.20. The molecular formula is C12H20N6. The van der Waals surface area contributed by atoms with Crippen LogP contribution in [0.15, 0.2) is 18.7 Å². The van der Waals surface area contributed by atoms with Gasteiger partial charge in [0.15, 0.2) is 5.82 Å². The van der Waals surface area contributed by atoms with Crippen molar-refractivity contribution in [2.45, 2.75) is 39.4 Å². The van der Waals surface area contributed by atoms with E-state index in [1.165, 1.54) is 0 Å². The van der Waals surface area contributed by atoms with Crippen molar-refractivity contribution < 1.29 is 0 Å². The van der Waals surface area contributed by atoms with Gasteiger partial charge in [0.05, 0.1) is 19.3 Å². The van der Waals surface area contributed by atoms with Crippen molar-refractivity contribution in [2.75, 3.05) is 0 Å². The van der Waals surface area contributed by atoms with E-state index < -0.39 is 0 Å². The lowest BCUT2D eigenvalue weighted by atomic mass is 10.1. The Morgan fingerprint density at radius 2 is 2.11 bits per heavy atom. The van der Waals surface area contributed by atoms with Gasteiger partial charge in [0.25, 0.3) is 0 Å². The molecule has 2 rings (SSSR count). The summed E-state index contributed by atoms with van der Waals surface area (Å²) >= 11 is 0. The highest BCUT2D eigenvalue weighted by Gasteiger charge is 2.10. The van der Waals surface area contributed by atoms with E-state index in [4.69, 9.17) is 0 Å². The predicted octanol–water partition coefficient (Wildman–Crippen LogP) is 0.948. The van der Waals surface area contributed by atoms with Gasteiger partial charge in [-0.3, -0.25) is 4.68 Å². The molecule has 18 heavy (non-hydrogen) atoms. The Balaban J connectivity index is 1.94. The number of aromatic nitrogens is 5. The lowest BCUT2D eigenvalue weighted by Gasteiger charge is -2.19. The van der Waals surface area contributed by atoms with Gasteiger partial charge in [-0.2, -0.15) is 10.2 Å². The molecule has 2 heterocycles. The van der Waals surface area contributed by atoms with Crippen LogP contribution in [0.1, 0.15) is 32.2 Å². The number of hydrogen-bond acceptors (Lipinski definition) is 4. The Labute approximate surface area is 107 Å². The van der Waals surface area contributed by atoms with E-state index in [9.17, 15) is 0 Å². The van der Waals surface area contributed by atoms with Crippen LogP contribution >= 0.6 is 0 Å². The lowest BCUT2D eigenvalue weighted by Crippen LogP contribution is -2.35. The summed E-state index contributed by atoms with van der Waals surface area (Å²) in [6.07, 6.45) is 5.58. The normalized spacial score (nSPS) is 12.0. The van der Waals surface area contributed by atoms with Gasteiger partial charge in [0.2, 0.25) is 0 Å². The van der Waals surface area contributed by atoms with E-state index in [2.05, 4.69) is 41.3 Å². The monoisotopic (exact) mass is 248 g/mol. The first-order valence-electron chi connectivity index (χ1n) is 6.03. The van der Waals surface area contributed by atoms with Crippen LogP contribution in [0.25, 0.3) is 0 Å². The Kier molecular flexibility index (Phi) is 3.47. The molecule has 0 bridgehead atoms. The zero-order chi connectivity index (χ0) is 13.2. The molecule has 0 spiro atoms. The van der Waals surface area contributed by atoms with Crippen molar-refractivity contribution in [3.05, 3.63) is 30.1 Å². The molecule has 0 aliphatic carbocycles. The van der Waals surface area contributed by atoms with Gasteiger partial charge in [0.1, 0.15) is 6.33 Å². The molecule has 0 amide bonds. The van der Waals surface area contributed by atoms with Gasteiger partial charge in [-0.15, -0.1) is 0 Å². The summed E-state index contributed by atoms with van der Waals surface area (Å²) in [5.74, 6) is 0.814. The first-order chi connectivity index (χ1) is 8.42. The molecule has 0 radical (unpaired) electrons. The number of aryl methyl sites for hydroxylation is 1. The molecule has 0 atom stereocenters. The van der Waals surface area contributed by atoms with Crippen molar-refractivity contribution in [3.8, 4) is 0 Å². The van der Waals surface area contributed by atoms with Crippen molar-refractivity contribution in [3.63, 3.8) is 0 Å². The van der Waals surface area contributed by atoms with Crippen LogP contribution in [0.3, 0.4) is 0 Å². The molecule has 98 valence electrons. The predicted molar refractivity (Wildman–Crippen MR) is 68.9 cm³/mol. The topological polar surface area (TPSA) is 60.6 Å². The Bertz CT molecular complexity index is 505. The Morgan fingerprint density at radius 3 is 2.72 bits per heavy atom. The van der Waals surface area contributed by atoms with Gasteiger partial charge >= 0.3 is 0 Å². The minimum Gasteiger partial charge on any atom is -0.305 e. The van der Waals surface area contributed by atoms with Crippen LogP contribution < -0.4 is 5.32 Å². The molecule has 0 saturated heterocycles. The second-order valence-electron chi connectivity index (χ2n) is 5.48. The fourth-order valence-electron chi connectivity index (χ4n) is 1.58. The van der Waals surface area contributed by atoms with Crippen molar-refractivity contribution in [1.82, 2.24) is 29.9 Å². The maximum Gasteiger partial charge on any atom is 0.164 e. The molecule has 0 saturated carbocycles. The molecule has 0 fully saturated rings. The van der Waals surface area contributed by atoms with Gasteiger partial charge in [-0.25, -0.2) is 9.67 Å². The largest absolute Gasteiger partial charge is 0.305 e. The molecule has 6 nitrogen and oxygen atoms in total. The number of nitrogens with zero attached hydrogens (tertiary/aromatic N) is 5. The van der Waals surface area contributed by atoms with E-state index in [0.29, 0.717) is 13.1 Å². The van der Waals surface area contributed by atoms with Crippen molar-refractivity contribution in [1.29, 1.82) is 0 Å². The Hall–Kier alpha value is -1.69. The lowest BCUT2D eigenvalue weighted by molar-refractivity contribution is 0.417. The second-order valence-corrected chi connectivity index (χ2v) is 5.48. The quantitative estimate of drug-likeness (QED) is 0.875. The first kappa shape index (κ1) is 12.8. The molecule has 2 aromatic heterocycles. The standard InChI is InChI=1S/C12H20N6/c1-12(2,3)14-6-11-13-9-18(16-11)8-10-5-15-17(4)7-10/h5,7,9,14H,6,8H2,1-4H3. The van der Waals surface area contributed by atoms with Gasteiger partial charge in [-0.1, -0.05) is 0 Å². The third kappa shape index (κ3) is 3.66. The zero-order valence-electron chi connectivity index (χ0n) is 11.4.